The number of aromatic nitrogens is 3. The van der Waals surface area contributed by atoms with E-state index in [4.69, 9.17) is 0 Å². The number of nitrogens with zero attached hydrogens (tertiary/aromatic N) is 3. The van der Waals surface area contributed by atoms with Gasteiger partial charge in [0.15, 0.2) is 0 Å². The molecule has 0 fully saturated rings. The standard InChI is InChI=1S/C15H16N4.C10H10F2/c1-10-14(9-18-19(10)3)11-4-5-12-8-17-15(16-2)7-13(12)6-11;1-2-8-3-5-9(6-4-8)7-10(11)12/h4-9H,1-3H3,(H,16,17);2-6,10H,1,7H2. The summed E-state index contributed by atoms with van der Waals surface area (Å²) in [4.78, 5) is 4.32. The van der Waals surface area contributed by atoms with Gasteiger partial charge in [-0.1, -0.05) is 49.1 Å². The van der Waals surface area contributed by atoms with Gasteiger partial charge in [-0.2, -0.15) is 5.10 Å². The van der Waals surface area contributed by atoms with Crippen LogP contribution in [0.4, 0.5) is 14.6 Å². The number of hydrogen-bond donors (Lipinski definition) is 1. The minimum absolute atomic E-state index is 0.169. The number of halogens is 2. The monoisotopic (exact) mass is 420 g/mol. The van der Waals surface area contributed by atoms with Gasteiger partial charge in [0.1, 0.15) is 5.82 Å². The molecule has 0 aliphatic carbocycles. The Morgan fingerprint density at radius 3 is 2.39 bits per heavy atom. The zero-order chi connectivity index (χ0) is 22.4. The maximum atomic E-state index is 11.9. The molecule has 6 heteroatoms. The Kier molecular flexibility index (Phi) is 7.13. The molecule has 2 aromatic carbocycles. The van der Waals surface area contributed by atoms with Crippen LogP contribution in [0.5, 0.6) is 0 Å². The molecule has 0 radical (unpaired) electrons. The van der Waals surface area contributed by atoms with Crippen molar-refractivity contribution in [2.75, 3.05) is 12.4 Å². The summed E-state index contributed by atoms with van der Waals surface area (Å²) >= 11 is 0. The molecule has 31 heavy (non-hydrogen) atoms. The van der Waals surface area contributed by atoms with E-state index in [-0.39, 0.29) is 6.42 Å². The third-order valence-corrected chi connectivity index (χ3v) is 5.13. The van der Waals surface area contributed by atoms with Gasteiger partial charge in [0.05, 0.1) is 6.20 Å². The van der Waals surface area contributed by atoms with E-state index in [0.29, 0.717) is 5.56 Å². The molecular weight excluding hydrogens is 394 g/mol. The van der Waals surface area contributed by atoms with Crippen molar-refractivity contribution in [1.29, 1.82) is 0 Å². The second-order valence-corrected chi connectivity index (χ2v) is 7.19. The minimum atomic E-state index is -2.26. The third kappa shape index (κ3) is 5.54. The SMILES string of the molecule is C=Cc1ccc(CC(F)F)cc1.CNc1cc2cc(-c3cnn(C)c3C)ccc2cn1. The molecule has 0 unspecified atom stereocenters. The lowest BCUT2D eigenvalue weighted by Crippen LogP contribution is -1.95. The Labute approximate surface area is 181 Å². The lowest BCUT2D eigenvalue weighted by Gasteiger charge is -2.05. The summed E-state index contributed by atoms with van der Waals surface area (Å²) < 4.78 is 25.7. The van der Waals surface area contributed by atoms with Crippen molar-refractivity contribution in [3.05, 3.63) is 84.3 Å². The summed E-state index contributed by atoms with van der Waals surface area (Å²) in [5.41, 5.74) is 5.14. The Hall–Kier alpha value is -3.54. The minimum Gasteiger partial charge on any atom is -0.373 e. The fraction of sp³-hybridized carbons (Fsp3) is 0.200. The van der Waals surface area contributed by atoms with Crippen molar-refractivity contribution < 1.29 is 8.78 Å². The van der Waals surface area contributed by atoms with Gasteiger partial charge in [0, 0.05) is 43.4 Å². The average Bonchev–Trinajstić information content (AvgIpc) is 3.12. The summed E-state index contributed by atoms with van der Waals surface area (Å²) in [5.74, 6) is 0.882. The van der Waals surface area contributed by atoms with Crippen LogP contribution < -0.4 is 5.32 Å². The van der Waals surface area contributed by atoms with Gasteiger partial charge in [-0.15, -0.1) is 0 Å². The number of hydrogen-bond acceptors (Lipinski definition) is 3. The summed E-state index contributed by atoms with van der Waals surface area (Å²) in [6.45, 7) is 5.65. The molecule has 2 heterocycles. The third-order valence-electron chi connectivity index (χ3n) is 5.13. The van der Waals surface area contributed by atoms with Crippen LogP contribution in [0.15, 0.2) is 67.5 Å². The molecule has 160 valence electrons. The number of pyridine rings is 1. The maximum Gasteiger partial charge on any atom is 0.242 e. The molecule has 2 aromatic heterocycles. The average molecular weight is 421 g/mol. The van der Waals surface area contributed by atoms with Crippen molar-refractivity contribution >= 4 is 22.7 Å². The molecule has 4 nitrogen and oxygen atoms in total. The Balaban J connectivity index is 0.000000196. The van der Waals surface area contributed by atoms with Gasteiger partial charge in [-0.05, 0) is 41.1 Å². The smallest absolute Gasteiger partial charge is 0.242 e. The highest BCUT2D eigenvalue weighted by atomic mass is 19.3. The lowest BCUT2D eigenvalue weighted by atomic mass is 10.0. The predicted octanol–water partition coefficient (Wildman–Crippen LogP) is 6.12. The van der Waals surface area contributed by atoms with Crippen LogP contribution in [-0.2, 0) is 13.5 Å². The second kappa shape index (κ2) is 9.98. The van der Waals surface area contributed by atoms with Crippen molar-refractivity contribution in [3.8, 4) is 11.1 Å². The Bertz CT molecular complexity index is 1160. The molecular formula is C25H26F2N4. The van der Waals surface area contributed by atoms with E-state index in [9.17, 15) is 8.78 Å². The fourth-order valence-corrected chi connectivity index (χ4v) is 3.20. The zero-order valence-corrected chi connectivity index (χ0v) is 17.9. The first kappa shape index (κ1) is 22.2. The van der Waals surface area contributed by atoms with Crippen LogP contribution in [0.3, 0.4) is 0 Å². The van der Waals surface area contributed by atoms with Crippen molar-refractivity contribution in [3.63, 3.8) is 0 Å². The van der Waals surface area contributed by atoms with E-state index in [1.807, 2.05) is 31.2 Å². The van der Waals surface area contributed by atoms with Gasteiger partial charge in [-0.3, -0.25) is 4.68 Å². The van der Waals surface area contributed by atoms with Gasteiger partial charge in [0.25, 0.3) is 0 Å². The topological polar surface area (TPSA) is 42.7 Å². The van der Waals surface area contributed by atoms with Crippen molar-refractivity contribution in [2.45, 2.75) is 19.8 Å². The highest BCUT2D eigenvalue weighted by Crippen LogP contribution is 2.27. The number of alkyl halides is 2. The number of benzene rings is 2. The lowest BCUT2D eigenvalue weighted by molar-refractivity contribution is 0.149. The van der Waals surface area contributed by atoms with Gasteiger partial charge < -0.3 is 5.32 Å². The fourth-order valence-electron chi connectivity index (χ4n) is 3.20. The van der Waals surface area contributed by atoms with Crippen LogP contribution in [0.1, 0.15) is 16.8 Å². The van der Waals surface area contributed by atoms with Crippen molar-refractivity contribution in [1.82, 2.24) is 14.8 Å². The first-order valence-corrected chi connectivity index (χ1v) is 9.97. The number of aryl methyl sites for hydroxylation is 1. The highest BCUT2D eigenvalue weighted by Gasteiger charge is 2.07. The number of anilines is 1. The molecule has 0 saturated carbocycles. The largest absolute Gasteiger partial charge is 0.373 e. The Morgan fingerprint density at radius 2 is 1.81 bits per heavy atom. The molecule has 0 bridgehead atoms. The molecule has 0 saturated heterocycles. The van der Waals surface area contributed by atoms with Gasteiger partial charge in [-0.25, -0.2) is 13.8 Å². The quantitative estimate of drug-likeness (QED) is 0.423. The molecule has 0 aliphatic heterocycles. The summed E-state index contributed by atoms with van der Waals surface area (Å²) in [6, 6.07) is 15.4. The molecule has 0 spiro atoms. The van der Waals surface area contributed by atoms with E-state index in [2.05, 4.69) is 53.2 Å². The van der Waals surface area contributed by atoms with Crippen LogP contribution in [0.2, 0.25) is 0 Å². The number of fused-ring (bicyclic) bond motifs is 1. The molecule has 0 aliphatic rings. The zero-order valence-electron chi connectivity index (χ0n) is 17.9. The Morgan fingerprint density at radius 1 is 1.06 bits per heavy atom. The van der Waals surface area contributed by atoms with Crippen LogP contribution in [0, 0.1) is 6.92 Å². The molecule has 4 rings (SSSR count). The summed E-state index contributed by atoms with van der Waals surface area (Å²) in [5, 5.41) is 9.69. The summed E-state index contributed by atoms with van der Waals surface area (Å²) in [7, 11) is 3.84. The number of nitrogens with one attached hydrogen (secondary N) is 1. The molecule has 0 atom stereocenters. The van der Waals surface area contributed by atoms with Gasteiger partial charge in [0.2, 0.25) is 6.43 Å². The molecule has 0 amide bonds. The van der Waals surface area contributed by atoms with E-state index >= 15 is 0 Å². The van der Waals surface area contributed by atoms with E-state index in [1.165, 1.54) is 22.2 Å². The van der Waals surface area contributed by atoms with Gasteiger partial charge >= 0.3 is 0 Å². The first-order chi connectivity index (χ1) is 14.9. The summed E-state index contributed by atoms with van der Waals surface area (Å²) in [6.07, 6.45) is 3.06. The number of rotatable bonds is 5. The highest BCUT2D eigenvalue weighted by molar-refractivity contribution is 5.88. The first-order valence-electron chi connectivity index (χ1n) is 9.97. The van der Waals surface area contributed by atoms with E-state index < -0.39 is 6.43 Å². The predicted molar refractivity (Wildman–Crippen MR) is 124 cm³/mol. The van der Waals surface area contributed by atoms with Crippen LogP contribution in [-0.4, -0.2) is 28.2 Å². The van der Waals surface area contributed by atoms with Crippen LogP contribution in [0.25, 0.3) is 28.0 Å². The molecule has 4 aromatic rings. The van der Waals surface area contributed by atoms with E-state index in [0.717, 1.165) is 16.8 Å². The second-order valence-electron chi connectivity index (χ2n) is 7.19. The normalized spacial score (nSPS) is 10.6. The van der Waals surface area contributed by atoms with Crippen LogP contribution >= 0.6 is 0 Å². The van der Waals surface area contributed by atoms with Crippen molar-refractivity contribution in [2.24, 2.45) is 7.05 Å². The maximum absolute atomic E-state index is 11.9. The molecule has 1 N–H and O–H groups in total. The van der Waals surface area contributed by atoms with E-state index in [1.54, 1.807) is 30.3 Å².